The Hall–Kier alpha value is -3.34. The Labute approximate surface area is 165 Å². The number of rotatable bonds is 5. The van der Waals surface area contributed by atoms with Crippen LogP contribution in [0.3, 0.4) is 0 Å². The van der Waals surface area contributed by atoms with Gasteiger partial charge in [0.2, 0.25) is 0 Å². The number of benzene rings is 4. The van der Waals surface area contributed by atoms with Crippen LogP contribution in [-0.4, -0.2) is 17.2 Å². The molecule has 0 unspecified atom stereocenters. The molecule has 0 aliphatic heterocycles. The maximum Gasteiger partial charge on any atom is 0.489 e. The molecule has 4 heteroatoms. The summed E-state index contributed by atoms with van der Waals surface area (Å²) in [5, 5.41) is 23.6. The van der Waals surface area contributed by atoms with Crippen molar-refractivity contribution >= 4 is 24.0 Å². The summed E-state index contributed by atoms with van der Waals surface area (Å²) < 4.78 is 0. The van der Waals surface area contributed by atoms with Crippen molar-refractivity contribution in [2.45, 2.75) is 0 Å². The minimum Gasteiger partial charge on any atom is -0.423 e. The molecule has 0 aromatic heterocycles. The van der Waals surface area contributed by atoms with Gasteiger partial charge < -0.3 is 15.4 Å². The molecule has 0 bridgehead atoms. The molecule has 0 atom stereocenters. The molecule has 28 heavy (non-hydrogen) atoms. The van der Waals surface area contributed by atoms with E-state index in [-0.39, 0.29) is 0 Å². The van der Waals surface area contributed by atoms with E-state index in [9.17, 15) is 10.0 Å². The maximum atomic E-state index is 10.1. The first-order valence-electron chi connectivity index (χ1n) is 9.20. The molecule has 0 spiro atoms. The number of para-hydroxylation sites is 1. The fourth-order valence-electron chi connectivity index (χ4n) is 3.44. The molecule has 3 N–H and O–H groups in total. The largest absolute Gasteiger partial charge is 0.489 e. The second-order valence-electron chi connectivity index (χ2n) is 6.55. The van der Waals surface area contributed by atoms with Crippen molar-refractivity contribution in [3.8, 4) is 22.3 Å². The molecule has 0 saturated heterocycles. The van der Waals surface area contributed by atoms with Crippen LogP contribution in [0.4, 0.5) is 11.4 Å². The van der Waals surface area contributed by atoms with E-state index >= 15 is 0 Å². The van der Waals surface area contributed by atoms with Crippen molar-refractivity contribution in [2.24, 2.45) is 0 Å². The zero-order chi connectivity index (χ0) is 19.3. The molecule has 136 valence electrons. The van der Waals surface area contributed by atoms with E-state index in [4.69, 9.17) is 0 Å². The molecule has 4 rings (SSSR count). The highest BCUT2D eigenvalue weighted by molar-refractivity contribution is 6.61. The smallest absolute Gasteiger partial charge is 0.423 e. The standard InChI is InChI=1S/C24H20BNO2/c27-25(28)21-16-17-22(26-20-14-8-3-9-15-20)24(19-12-6-2-7-13-19)23(21)18-10-4-1-5-11-18/h1-17,26-28H. The molecule has 0 aliphatic carbocycles. The monoisotopic (exact) mass is 365 g/mol. The van der Waals surface area contributed by atoms with Gasteiger partial charge in [0.05, 0.1) is 0 Å². The van der Waals surface area contributed by atoms with Crippen LogP contribution in [0, 0.1) is 0 Å². The van der Waals surface area contributed by atoms with Gasteiger partial charge in [-0.05, 0) is 40.4 Å². The van der Waals surface area contributed by atoms with Gasteiger partial charge in [-0.1, -0.05) is 84.9 Å². The highest BCUT2D eigenvalue weighted by Crippen LogP contribution is 2.38. The third-order valence-electron chi connectivity index (χ3n) is 4.69. The topological polar surface area (TPSA) is 52.5 Å². The zero-order valence-electron chi connectivity index (χ0n) is 15.3. The van der Waals surface area contributed by atoms with Crippen LogP contribution in [0.2, 0.25) is 0 Å². The SMILES string of the molecule is OB(O)c1ccc(Nc2ccccc2)c(-c2ccccc2)c1-c1ccccc1. The minimum atomic E-state index is -1.57. The van der Waals surface area contributed by atoms with Gasteiger partial charge >= 0.3 is 7.12 Å². The van der Waals surface area contributed by atoms with Crippen LogP contribution in [0.15, 0.2) is 103 Å². The second kappa shape index (κ2) is 8.13. The van der Waals surface area contributed by atoms with Gasteiger partial charge in [-0.3, -0.25) is 0 Å². The molecule has 0 aliphatic rings. The summed E-state index contributed by atoms with van der Waals surface area (Å²) >= 11 is 0. The molecular weight excluding hydrogens is 345 g/mol. The quantitative estimate of drug-likeness (QED) is 0.458. The van der Waals surface area contributed by atoms with Crippen molar-refractivity contribution in [1.82, 2.24) is 0 Å². The van der Waals surface area contributed by atoms with Crippen LogP contribution >= 0.6 is 0 Å². The third-order valence-corrected chi connectivity index (χ3v) is 4.69. The Bertz CT molecular complexity index is 1050. The Morgan fingerprint density at radius 1 is 0.536 bits per heavy atom. The molecule has 4 aromatic rings. The van der Waals surface area contributed by atoms with Crippen LogP contribution in [0.1, 0.15) is 0 Å². The van der Waals surface area contributed by atoms with Crippen molar-refractivity contribution in [2.75, 3.05) is 5.32 Å². The van der Waals surface area contributed by atoms with Gasteiger partial charge in [0, 0.05) is 16.9 Å². The summed E-state index contributed by atoms with van der Waals surface area (Å²) in [5.74, 6) is 0. The number of hydrogen-bond acceptors (Lipinski definition) is 3. The maximum absolute atomic E-state index is 10.1. The Morgan fingerprint density at radius 3 is 1.57 bits per heavy atom. The molecular formula is C24H20BNO2. The first-order chi connectivity index (χ1) is 13.7. The van der Waals surface area contributed by atoms with Crippen LogP contribution < -0.4 is 10.8 Å². The van der Waals surface area contributed by atoms with E-state index in [0.29, 0.717) is 5.46 Å². The summed E-state index contributed by atoms with van der Waals surface area (Å²) in [6.45, 7) is 0. The van der Waals surface area contributed by atoms with Crippen molar-refractivity contribution in [3.63, 3.8) is 0 Å². The zero-order valence-corrected chi connectivity index (χ0v) is 15.3. The van der Waals surface area contributed by atoms with E-state index in [1.807, 2.05) is 97.1 Å². The summed E-state index contributed by atoms with van der Waals surface area (Å²) in [7, 11) is -1.57. The first kappa shape index (κ1) is 18.0. The van der Waals surface area contributed by atoms with Gasteiger partial charge in [-0.15, -0.1) is 0 Å². The summed E-state index contributed by atoms with van der Waals surface area (Å²) in [4.78, 5) is 0. The van der Waals surface area contributed by atoms with E-state index in [2.05, 4.69) is 5.32 Å². The average molecular weight is 365 g/mol. The van der Waals surface area contributed by atoms with Crippen molar-refractivity contribution < 1.29 is 10.0 Å². The van der Waals surface area contributed by atoms with Crippen molar-refractivity contribution in [1.29, 1.82) is 0 Å². The molecule has 0 heterocycles. The van der Waals surface area contributed by atoms with E-state index in [0.717, 1.165) is 33.6 Å². The predicted molar refractivity (Wildman–Crippen MR) is 117 cm³/mol. The summed E-state index contributed by atoms with van der Waals surface area (Å²) in [6.07, 6.45) is 0. The normalized spacial score (nSPS) is 10.5. The lowest BCUT2D eigenvalue weighted by molar-refractivity contribution is 0.426. The van der Waals surface area contributed by atoms with Gasteiger partial charge in [0.15, 0.2) is 0 Å². The molecule has 0 amide bonds. The molecule has 0 fully saturated rings. The highest BCUT2D eigenvalue weighted by atomic mass is 16.4. The fourth-order valence-corrected chi connectivity index (χ4v) is 3.44. The Balaban J connectivity index is 2.00. The van der Waals surface area contributed by atoms with E-state index in [1.54, 1.807) is 6.07 Å². The second-order valence-corrected chi connectivity index (χ2v) is 6.55. The molecule has 0 saturated carbocycles. The van der Waals surface area contributed by atoms with Crippen LogP contribution in [-0.2, 0) is 0 Å². The number of anilines is 2. The van der Waals surface area contributed by atoms with Gasteiger partial charge in [0.1, 0.15) is 0 Å². The minimum absolute atomic E-state index is 0.476. The number of nitrogens with one attached hydrogen (secondary N) is 1. The lowest BCUT2D eigenvalue weighted by Crippen LogP contribution is -2.32. The lowest BCUT2D eigenvalue weighted by Gasteiger charge is -2.20. The Morgan fingerprint density at radius 2 is 1.04 bits per heavy atom. The van der Waals surface area contributed by atoms with E-state index < -0.39 is 7.12 Å². The summed E-state index contributed by atoms with van der Waals surface area (Å²) in [5.41, 5.74) is 6.02. The van der Waals surface area contributed by atoms with Gasteiger partial charge in [-0.2, -0.15) is 0 Å². The van der Waals surface area contributed by atoms with Crippen molar-refractivity contribution in [3.05, 3.63) is 103 Å². The lowest BCUT2D eigenvalue weighted by atomic mass is 9.72. The predicted octanol–water partition coefficient (Wildman–Crippen LogP) is 4.44. The molecule has 4 aromatic carbocycles. The molecule has 0 radical (unpaired) electrons. The Kier molecular flexibility index (Phi) is 5.24. The third kappa shape index (κ3) is 3.69. The van der Waals surface area contributed by atoms with Gasteiger partial charge in [0.25, 0.3) is 0 Å². The van der Waals surface area contributed by atoms with Gasteiger partial charge in [-0.25, -0.2) is 0 Å². The fraction of sp³-hybridized carbons (Fsp3) is 0. The summed E-state index contributed by atoms with van der Waals surface area (Å²) in [6, 6.07) is 33.5. The number of hydrogen-bond donors (Lipinski definition) is 3. The van der Waals surface area contributed by atoms with Crippen LogP contribution in [0.25, 0.3) is 22.3 Å². The first-order valence-corrected chi connectivity index (χ1v) is 9.20. The van der Waals surface area contributed by atoms with Crippen LogP contribution in [0.5, 0.6) is 0 Å². The highest BCUT2D eigenvalue weighted by Gasteiger charge is 2.23. The van der Waals surface area contributed by atoms with E-state index in [1.165, 1.54) is 0 Å². The average Bonchev–Trinajstić information content (AvgIpc) is 2.75. The molecule has 3 nitrogen and oxygen atoms in total.